The molecule has 4 rings (SSSR count). The molecule has 1 aromatic heterocycles. The van der Waals surface area contributed by atoms with Gasteiger partial charge in [-0.05, 0) is 37.0 Å². The molecule has 1 N–H and O–H groups in total. The minimum Gasteiger partial charge on any atom is -0.408 e. The first kappa shape index (κ1) is 14.0. The second-order valence-electron chi connectivity index (χ2n) is 6.40. The molecule has 1 aliphatic carbocycles. The minimum absolute atomic E-state index is 0.453. The topological polar surface area (TPSA) is 62.4 Å². The Hall–Kier alpha value is -1.59. The molecule has 2 heterocycles. The summed E-state index contributed by atoms with van der Waals surface area (Å²) in [6.07, 6.45) is 3.54. The highest BCUT2D eigenvalue weighted by Crippen LogP contribution is 2.40. The summed E-state index contributed by atoms with van der Waals surface area (Å²) in [6.45, 7) is 1.23. The molecule has 2 aromatic rings. The van der Waals surface area contributed by atoms with E-state index < -0.39 is 5.60 Å². The van der Waals surface area contributed by atoms with Gasteiger partial charge in [0.05, 0.1) is 12.1 Å². The van der Waals surface area contributed by atoms with Crippen LogP contribution in [0.1, 0.15) is 36.6 Å². The number of hydrogen-bond donors (Lipinski definition) is 1. The average Bonchev–Trinajstić information content (AvgIpc) is 3.08. The molecule has 116 valence electrons. The maximum atomic E-state index is 10.8. The van der Waals surface area contributed by atoms with Gasteiger partial charge < -0.3 is 14.4 Å². The van der Waals surface area contributed by atoms with E-state index in [9.17, 15) is 5.11 Å². The van der Waals surface area contributed by atoms with Crippen LogP contribution in [-0.2, 0) is 6.42 Å². The van der Waals surface area contributed by atoms with Crippen LogP contribution in [0, 0.1) is 0 Å². The van der Waals surface area contributed by atoms with Crippen molar-refractivity contribution in [2.24, 2.45) is 0 Å². The lowest BCUT2D eigenvalue weighted by Crippen LogP contribution is -2.35. The molecule has 1 unspecified atom stereocenters. The van der Waals surface area contributed by atoms with E-state index in [2.05, 4.69) is 10.2 Å². The second kappa shape index (κ2) is 5.25. The molecule has 1 saturated heterocycles. The standard InChI is InChI=1S/C16H18ClN3O2/c17-13-3-1-2-11(8-13)9-16(21)6-7-20(10-16)15-19-18-14(22-15)12-4-5-12/h1-3,8,12,21H,4-7,9-10H2. The normalized spacial score (nSPS) is 24.9. The summed E-state index contributed by atoms with van der Waals surface area (Å²) in [5.41, 5.74) is 0.264. The van der Waals surface area contributed by atoms with Crippen molar-refractivity contribution in [3.05, 3.63) is 40.7 Å². The summed E-state index contributed by atoms with van der Waals surface area (Å²) in [6, 6.07) is 8.18. The van der Waals surface area contributed by atoms with Gasteiger partial charge in [-0.25, -0.2) is 0 Å². The van der Waals surface area contributed by atoms with Crippen molar-refractivity contribution < 1.29 is 9.52 Å². The van der Waals surface area contributed by atoms with Gasteiger partial charge in [0.25, 0.3) is 0 Å². The number of aliphatic hydroxyl groups is 1. The van der Waals surface area contributed by atoms with E-state index in [0.717, 1.165) is 30.8 Å². The van der Waals surface area contributed by atoms with E-state index in [1.165, 1.54) is 0 Å². The van der Waals surface area contributed by atoms with Gasteiger partial charge >= 0.3 is 6.01 Å². The zero-order valence-electron chi connectivity index (χ0n) is 12.2. The Morgan fingerprint density at radius 3 is 3.00 bits per heavy atom. The number of aromatic nitrogens is 2. The van der Waals surface area contributed by atoms with Crippen LogP contribution in [-0.4, -0.2) is 34.0 Å². The van der Waals surface area contributed by atoms with E-state index in [0.29, 0.717) is 36.3 Å². The van der Waals surface area contributed by atoms with Gasteiger partial charge in [0.2, 0.25) is 5.89 Å². The highest BCUT2D eigenvalue weighted by atomic mass is 35.5. The molecule has 2 aliphatic rings. The van der Waals surface area contributed by atoms with Crippen LogP contribution >= 0.6 is 11.6 Å². The van der Waals surface area contributed by atoms with Gasteiger partial charge in [-0.2, -0.15) is 0 Å². The van der Waals surface area contributed by atoms with Crippen molar-refractivity contribution in [1.29, 1.82) is 0 Å². The molecule has 1 atom stereocenters. The Morgan fingerprint density at radius 1 is 1.36 bits per heavy atom. The van der Waals surface area contributed by atoms with Crippen molar-refractivity contribution in [2.75, 3.05) is 18.0 Å². The molecule has 1 aliphatic heterocycles. The fraction of sp³-hybridized carbons (Fsp3) is 0.500. The zero-order valence-corrected chi connectivity index (χ0v) is 13.0. The van der Waals surface area contributed by atoms with Crippen molar-refractivity contribution in [1.82, 2.24) is 10.2 Å². The fourth-order valence-electron chi connectivity index (χ4n) is 3.04. The van der Waals surface area contributed by atoms with Gasteiger partial charge in [0, 0.05) is 23.9 Å². The first-order chi connectivity index (χ1) is 10.6. The van der Waals surface area contributed by atoms with Gasteiger partial charge in [-0.15, -0.1) is 5.10 Å². The first-order valence-electron chi connectivity index (χ1n) is 7.66. The lowest BCUT2D eigenvalue weighted by atomic mass is 9.94. The van der Waals surface area contributed by atoms with Crippen LogP contribution in [0.4, 0.5) is 6.01 Å². The van der Waals surface area contributed by atoms with Crippen molar-refractivity contribution in [3.63, 3.8) is 0 Å². The van der Waals surface area contributed by atoms with Gasteiger partial charge in [0.15, 0.2) is 0 Å². The smallest absolute Gasteiger partial charge is 0.318 e. The van der Waals surface area contributed by atoms with Gasteiger partial charge in [-0.3, -0.25) is 0 Å². The lowest BCUT2D eigenvalue weighted by Gasteiger charge is -2.22. The largest absolute Gasteiger partial charge is 0.408 e. The third-order valence-corrected chi connectivity index (χ3v) is 4.62. The third-order valence-electron chi connectivity index (χ3n) is 4.38. The third kappa shape index (κ3) is 2.83. The molecular weight excluding hydrogens is 302 g/mol. The first-order valence-corrected chi connectivity index (χ1v) is 8.04. The minimum atomic E-state index is -0.779. The molecule has 0 amide bonds. The Kier molecular flexibility index (Phi) is 3.35. The Labute approximate surface area is 133 Å². The van der Waals surface area contributed by atoms with E-state index >= 15 is 0 Å². The molecule has 0 bridgehead atoms. The van der Waals surface area contributed by atoms with Crippen LogP contribution in [0.25, 0.3) is 0 Å². The fourth-order valence-corrected chi connectivity index (χ4v) is 3.25. The maximum absolute atomic E-state index is 10.8. The number of β-amino-alcohol motifs (C(OH)–C–C–N with tert-alkyl or cyclic N) is 1. The molecule has 5 nitrogen and oxygen atoms in total. The van der Waals surface area contributed by atoms with E-state index in [4.69, 9.17) is 16.0 Å². The molecular formula is C16H18ClN3O2. The van der Waals surface area contributed by atoms with E-state index in [-0.39, 0.29) is 0 Å². The summed E-state index contributed by atoms with van der Waals surface area (Å²) in [4.78, 5) is 1.98. The van der Waals surface area contributed by atoms with Crippen LogP contribution in [0.5, 0.6) is 0 Å². The summed E-state index contributed by atoms with van der Waals surface area (Å²) < 4.78 is 5.73. The number of benzene rings is 1. The van der Waals surface area contributed by atoms with Crippen molar-refractivity contribution >= 4 is 17.6 Å². The molecule has 1 saturated carbocycles. The van der Waals surface area contributed by atoms with Gasteiger partial charge in [0.1, 0.15) is 0 Å². The van der Waals surface area contributed by atoms with Crippen molar-refractivity contribution in [2.45, 2.75) is 37.2 Å². The summed E-state index contributed by atoms with van der Waals surface area (Å²) in [5, 5.41) is 19.7. The predicted octanol–water partition coefficient (Wildman–Crippen LogP) is 2.78. The van der Waals surface area contributed by atoms with Crippen LogP contribution < -0.4 is 4.90 Å². The number of anilines is 1. The highest BCUT2D eigenvalue weighted by molar-refractivity contribution is 6.30. The Morgan fingerprint density at radius 2 is 2.23 bits per heavy atom. The number of hydrogen-bond acceptors (Lipinski definition) is 5. The molecule has 0 spiro atoms. The molecule has 6 heteroatoms. The van der Waals surface area contributed by atoms with E-state index in [1.807, 2.05) is 29.2 Å². The Balaban J connectivity index is 1.45. The van der Waals surface area contributed by atoms with Crippen LogP contribution in [0.15, 0.2) is 28.7 Å². The lowest BCUT2D eigenvalue weighted by molar-refractivity contribution is 0.0634. The number of rotatable bonds is 4. The summed E-state index contributed by atoms with van der Waals surface area (Å²) in [5.74, 6) is 1.19. The van der Waals surface area contributed by atoms with Crippen molar-refractivity contribution in [3.8, 4) is 0 Å². The Bertz CT molecular complexity index is 686. The number of nitrogens with zero attached hydrogens (tertiary/aromatic N) is 3. The zero-order chi connectivity index (χ0) is 15.2. The SMILES string of the molecule is OC1(Cc2cccc(Cl)c2)CCN(c2nnc(C3CC3)o2)C1. The second-order valence-corrected chi connectivity index (χ2v) is 6.84. The molecule has 22 heavy (non-hydrogen) atoms. The monoisotopic (exact) mass is 319 g/mol. The molecule has 0 radical (unpaired) electrons. The van der Waals surface area contributed by atoms with Crippen LogP contribution in [0.2, 0.25) is 5.02 Å². The molecule has 1 aromatic carbocycles. The number of halogens is 1. The summed E-state index contributed by atoms with van der Waals surface area (Å²) in [7, 11) is 0. The van der Waals surface area contributed by atoms with Gasteiger partial charge in [-0.1, -0.05) is 28.8 Å². The highest BCUT2D eigenvalue weighted by Gasteiger charge is 2.39. The predicted molar refractivity (Wildman–Crippen MR) is 83.2 cm³/mol. The van der Waals surface area contributed by atoms with E-state index in [1.54, 1.807) is 0 Å². The molecule has 2 fully saturated rings. The average molecular weight is 320 g/mol. The maximum Gasteiger partial charge on any atom is 0.318 e. The van der Waals surface area contributed by atoms with Crippen LogP contribution in [0.3, 0.4) is 0 Å². The quantitative estimate of drug-likeness (QED) is 0.939. The summed E-state index contributed by atoms with van der Waals surface area (Å²) >= 11 is 6.01.